The summed E-state index contributed by atoms with van der Waals surface area (Å²) in [5.41, 5.74) is 0. The molecule has 84 valence electrons. The molecule has 2 unspecified atom stereocenters. The lowest BCUT2D eigenvalue weighted by Gasteiger charge is -2.34. The van der Waals surface area contributed by atoms with Gasteiger partial charge in [0.2, 0.25) is 0 Å². The van der Waals surface area contributed by atoms with Gasteiger partial charge in [-0.1, -0.05) is 0 Å². The topological polar surface area (TPSA) is 73.6 Å². The van der Waals surface area contributed by atoms with Crippen molar-refractivity contribution in [2.45, 2.75) is 31.9 Å². The van der Waals surface area contributed by atoms with Gasteiger partial charge in [0.15, 0.2) is 0 Å². The molecule has 0 aromatic carbocycles. The summed E-state index contributed by atoms with van der Waals surface area (Å²) in [5.74, 6) is -0.809. The van der Waals surface area contributed by atoms with Crippen molar-refractivity contribution >= 4 is 5.97 Å². The molecule has 0 aromatic heterocycles. The van der Waals surface area contributed by atoms with Gasteiger partial charge in [0.05, 0.1) is 18.8 Å². The SMILES string of the molecule is CC(C(=O)O)N1CCOC(CCC#N)C1. The van der Waals surface area contributed by atoms with Crippen LogP contribution in [-0.4, -0.2) is 47.8 Å². The molecule has 1 aliphatic heterocycles. The van der Waals surface area contributed by atoms with Crippen molar-refractivity contribution in [1.29, 1.82) is 5.26 Å². The molecule has 5 heteroatoms. The van der Waals surface area contributed by atoms with E-state index in [1.165, 1.54) is 0 Å². The van der Waals surface area contributed by atoms with Gasteiger partial charge in [-0.05, 0) is 13.3 Å². The highest BCUT2D eigenvalue weighted by Gasteiger charge is 2.27. The number of nitriles is 1. The highest BCUT2D eigenvalue weighted by Crippen LogP contribution is 2.12. The van der Waals surface area contributed by atoms with Crippen molar-refractivity contribution in [2.24, 2.45) is 0 Å². The lowest BCUT2D eigenvalue weighted by molar-refractivity contribution is -0.145. The summed E-state index contributed by atoms with van der Waals surface area (Å²) in [6, 6.07) is 1.59. The molecule has 1 N–H and O–H groups in total. The van der Waals surface area contributed by atoms with Crippen LogP contribution >= 0.6 is 0 Å². The van der Waals surface area contributed by atoms with Gasteiger partial charge in [-0.2, -0.15) is 5.26 Å². The number of nitrogens with zero attached hydrogens (tertiary/aromatic N) is 2. The molecule has 0 bridgehead atoms. The number of carbonyl (C=O) groups is 1. The smallest absolute Gasteiger partial charge is 0.320 e. The molecule has 0 spiro atoms. The standard InChI is InChI=1S/C10H16N2O3/c1-8(10(13)14)12-5-6-15-9(7-12)3-2-4-11/h8-9H,2-3,5-7H2,1H3,(H,13,14). The molecular formula is C10H16N2O3. The minimum Gasteiger partial charge on any atom is -0.480 e. The predicted molar refractivity (Wildman–Crippen MR) is 53.3 cm³/mol. The van der Waals surface area contributed by atoms with E-state index in [0.29, 0.717) is 32.5 Å². The molecule has 15 heavy (non-hydrogen) atoms. The molecule has 2 atom stereocenters. The Kier molecular flexibility index (Phi) is 4.53. The van der Waals surface area contributed by atoms with Crippen molar-refractivity contribution in [3.63, 3.8) is 0 Å². The number of hydrogen-bond donors (Lipinski definition) is 1. The Morgan fingerprint density at radius 2 is 2.53 bits per heavy atom. The second-order valence-corrected chi connectivity index (χ2v) is 3.70. The fraction of sp³-hybridized carbons (Fsp3) is 0.800. The van der Waals surface area contributed by atoms with Crippen molar-refractivity contribution in [3.05, 3.63) is 0 Å². The third kappa shape index (κ3) is 3.50. The van der Waals surface area contributed by atoms with Crippen LogP contribution in [0.1, 0.15) is 19.8 Å². The molecule has 5 nitrogen and oxygen atoms in total. The lowest BCUT2D eigenvalue weighted by atomic mass is 10.1. The van der Waals surface area contributed by atoms with Crippen LogP contribution in [0.3, 0.4) is 0 Å². The maximum absolute atomic E-state index is 10.8. The van der Waals surface area contributed by atoms with Gasteiger partial charge in [-0.15, -0.1) is 0 Å². The van der Waals surface area contributed by atoms with Crippen LogP contribution in [0.15, 0.2) is 0 Å². The Morgan fingerprint density at radius 1 is 1.80 bits per heavy atom. The molecule has 0 amide bonds. The van der Waals surface area contributed by atoms with Gasteiger partial charge in [-0.3, -0.25) is 9.69 Å². The summed E-state index contributed by atoms with van der Waals surface area (Å²) in [6.07, 6.45) is 1.14. The molecule has 0 saturated carbocycles. The Balaban J connectivity index is 2.42. The van der Waals surface area contributed by atoms with Crippen molar-refractivity contribution in [3.8, 4) is 6.07 Å². The van der Waals surface area contributed by atoms with Crippen LogP contribution in [0.2, 0.25) is 0 Å². The Hall–Kier alpha value is -1.12. The zero-order valence-corrected chi connectivity index (χ0v) is 8.85. The number of carboxylic acids is 1. The maximum Gasteiger partial charge on any atom is 0.320 e. The van der Waals surface area contributed by atoms with Crippen LogP contribution in [0.5, 0.6) is 0 Å². The van der Waals surface area contributed by atoms with Gasteiger partial charge in [0, 0.05) is 19.5 Å². The first-order valence-electron chi connectivity index (χ1n) is 5.10. The summed E-state index contributed by atoms with van der Waals surface area (Å²) in [6.45, 7) is 3.48. The van der Waals surface area contributed by atoms with E-state index in [-0.39, 0.29) is 6.10 Å². The lowest BCUT2D eigenvalue weighted by Crippen LogP contribution is -2.49. The van der Waals surface area contributed by atoms with Gasteiger partial charge in [-0.25, -0.2) is 0 Å². The van der Waals surface area contributed by atoms with E-state index >= 15 is 0 Å². The van der Waals surface area contributed by atoms with Crippen LogP contribution in [0.4, 0.5) is 0 Å². The maximum atomic E-state index is 10.8. The van der Waals surface area contributed by atoms with Crippen molar-refractivity contribution in [1.82, 2.24) is 4.90 Å². The number of carboxylic acid groups (broad SMARTS) is 1. The first kappa shape index (κ1) is 12.0. The summed E-state index contributed by atoms with van der Waals surface area (Å²) >= 11 is 0. The first-order chi connectivity index (χ1) is 7.15. The van der Waals surface area contributed by atoms with Gasteiger partial charge < -0.3 is 9.84 Å². The second-order valence-electron chi connectivity index (χ2n) is 3.70. The average molecular weight is 212 g/mol. The van der Waals surface area contributed by atoms with E-state index in [1.54, 1.807) is 6.92 Å². The molecule has 1 fully saturated rings. The van der Waals surface area contributed by atoms with Crippen LogP contribution in [-0.2, 0) is 9.53 Å². The highest BCUT2D eigenvalue weighted by atomic mass is 16.5. The third-order valence-electron chi connectivity index (χ3n) is 2.65. The van der Waals surface area contributed by atoms with Gasteiger partial charge in [0.1, 0.15) is 6.04 Å². The molecule has 1 saturated heterocycles. The fourth-order valence-electron chi connectivity index (χ4n) is 1.65. The summed E-state index contributed by atoms with van der Waals surface area (Å²) < 4.78 is 5.45. The number of hydrogen-bond acceptors (Lipinski definition) is 4. The quantitative estimate of drug-likeness (QED) is 0.733. The predicted octanol–water partition coefficient (Wildman–Crippen LogP) is 0.464. The molecule has 0 aliphatic carbocycles. The van der Waals surface area contributed by atoms with E-state index in [0.717, 1.165) is 0 Å². The van der Waals surface area contributed by atoms with Crippen molar-refractivity contribution < 1.29 is 14.6 Å². The van der Waals surface area contributed by atoms with Gasteiger partial charge >= 0.3 is 5.97 Å². The second kappa shape index (κ2) is 5.69. The van der Waals surface area contributed by atoms with Crippen LogP contribution in [0, 0.1) is 11.3 Å². The number of ether oxygens (including phenoxy) is 1. The molecule has 1 aliphatic rings. The zero-order valence-electron chi connectivity index (χ0n) is 8.85. The van der Waals surface area contributed by atoms with E-state index in [1.807, 2.05) is 4.90 Å². The minimum absolute atomic E-state index is 0.000185. The fourth-order valence-corrected chi connectivity index (χ4v) is 1.65. The molecule has 1 rings (SSSR count). The molecule has 0 radical (unpaired) electrons. The van der Waals surface area contributed by atoms with E-state index in [9.17, 15) is 4.79 Å². The number of rotatable bonds is 4. The average Bonchev–Trinajstić information content (AvgIpc) is 2.25. The Morgan fingerprint density at radius 3 is 3.13 bits per heavy atom. The van der Waals surface area contributed by atoms with Crippen molar-refractivity contribution in [2.75, 3.05) is 19.7 Å². The normalized spacial score (nSPS) is 24.4. The molecule has 1 heterocycles. The Labute approximate surface area is 89.2 Å². The van der Waals surface area contributed by atoms with E-state index in [4.69, 9.17) is 15.1 Å². The van der Waals surface area contributed by atoms with Gasteiger partial charge in [0.25, 0.3) is 0 Å². The monoisotopic (exact) mass is 212 g/mol. The summed E-state index contributed by atoms with van der Waals surface area (Å²) in [4.78, 5) is 12.7. The van der Waals surface area contributed by atoms with E-state index in [2.05, 4.69) is 6.07 Å². The zero-order chi connectivity index (χ0) is 11.3. The highest BCUT2D eigenvalue weighted by molar-refractivity contribution is 5.72. The Bertz CT molecular complexity index is 262. The number of morpholine rings is 1. The van der Waals surface area contributed by atoms with Crippen LogP contribution in [0.25, 0.3) is 0 Å². The number of aliphatic carboxylic acids is 1. The molecular weight excluding hydrogens is 196 g/mol. The molecule has 0 aromatic rings. The largest absolute Gasteiger partial charge is 0.480 e. The summed E-state index contributed by atoms with van der Waals surface area (Å²) in [7, 11) is 0. The van der Waals surface area contributed by atoms with Crippen LogP contribution < -0.4 is 0 Å². The van der Waals surface area contributed by atoms with E-state index < -0.39 is 12.0 Å². The third-order valence-corrected chi connectivity index (χ3v) is 2.65. The first-order valence-corrected chi connectivity index (χ1v) is 5.10. The minimum atomic E-state index is -0.809. The summed E-state index contributed by atoms with van der Waals surface area (Å²) in [5, 5.41) is 17.3.